The maximum Gasteiger partial charge on any atom is 0.332 e. The molecule has 23 heavy (non-hydrogen) atoms. The molecule has 1 heterocycles. The second-order valence-corrected chi connectivity index (χ2v) is 5.71. The van der Waals surface area contributed by atoms with E-state index in [1.54, 1.807) is 31.2 Å². The number of imide groups is 1. The Hall–Kier alpha value is -2.57. The summed E-state index contributed by atoms with van der Waals surface area (Å²) in [6.07, 6.45) is 0.546. The van der Waals surface area contributed by atoms with Crippen LogP contribution >= 0.6 is 11.6 Å². The van der Waals surface area contributed by atoms with Gasteiger partial charge in [0, 0.05) is 23.7 Å². The van der Waals surface area contributed by atoms with Gasteiger partial charge in [-0.05, 0) is 37.6 Å². The van der Waals surface area contributed by atoms with E-state index in [-0.39, 0.29) is 18.9 Å². The smallest absolute Gasteiger partial charge is 0.282 e. The molecule has 0 unspecified atom stereocenters. The molecule has 0 aliphatic carbocycles. The van der Waals surface area contributed by atoms with E-state index >= 15 is 0 Å². The number of amides is 3. The van der Waals surface area contributed by atoms with Gasteiger partial charge in [0.25, 0.3) is 5.91 Å². The summed E-state index contributed by atoms with van der Waals surface area (Å²) in [6, 6.07) is 9.56. The third-order valence-corrected chi connectivity index (χ3v) is 3.99. The summed E-state index contributed by atoms with van der Waals surface area (Å²) in [5.41, 5.74) is 0.577. The highest BCUT2D eigenvalue weighted by atomic mass is 35.5. The highest BCUT2D eigenvalue weighted by molar-refractivity contribution is 6.30. The quantitative estimate of drug-likeness (QED) is 0.776. The molecule has 1 saturated heterocycles. The first-order valence-electron chi connectivity index (χ1n) is 7.16. The molecule has 6 nitrogen and oxygen atoms in total. The molecule has 0 N–H and O–H groups in total. The van der Waals surface area contributed by atoms with E-state index in [9.17, 15) is 9.59 Å². The van der Waals surface area contributed by atoms with Crippen molar-refractivity contribution >= 4 is 29.2 Å². The normalized spacial score (nSPS) is 18.7. The molecule has 1 aliphatic heterocycles. The Morgan fingerprint density at radius 1 is 1.26 bits per heavy atom. The summed E-state index contributed by atoms with van der Waals surface area (Å²) < 4.78 is 0. The molecule has 0 aromatic heterocycles. The van der Waals surface area contributed by atoms with Gasteiger partial charge in [0.2, 0.25) is 0 Å². The minimum absolute atomic E-state index is 0.00424. The average Bonchev–Trinajstić information content (AvgIpc) is 2.75. The first-order chi connectivity index (χ1) is 11.0. The predicted octanol–water partition coefficient (Wildman–Crippen LogP) is 2.94. The Balaban J connectivity index is 2.19. The summed E-state index contributed by atoms with van der Waals surface area (Å²) in [4.78, 5) is 27.4. The molecule has 0 spiro atoms. The fourth-order valence-corrected chi connectivity index (χ4v) is 2.61. The lowest BCUT2D eigenvalue weighted by Gasteiger charge is -2.20. The summed E-state index contributed by atoms with van der Waals surface area (Å²) in [7, 11) is 0. The second-order valence-electron chi connectivity index (χ2n) is 5.28. The van der Waals surface area contributed by atoms with E-state index in [4.69, 9.17) is 22.1 Å². The van der Waals surface area contributed by atoms with Crippen molar-refractivity contribution < 1.29 is 9.59 Å². The number of carbonyl (C=O) groups is 2. The summed E-state index contributed by atoms with van der Waals surface area (Å²) in [5, 5.41) is 18.3. The lowest BCUT2D eigenvalue weighted by molar-refractivity contribution is -0.127. The largest absolute Gasteiger partial charge is 0.332 e. The molecule has 1 aromatic carbocycles. The van der Waals surface area contributed by atoms with Crippen LogP contribution in [-0.2, 0) is 4.79 Å². The van der Waals surface area contributed by atoms with Gasteiger partial charge in [-0.2, -0.15) is 10.5 Å². The third kappa shape index (κ3) is 3.44. The Labute approximate surface area is 139 Å². The van der Waals surface area contributed by atoms with Crippen LogP contribution < -0.4 is 4.90 Å². The van der Waals surface area contributed by atoms with Crippen molar-refractivity contribution in [2.75, 3.05) is 11.4 Å². The Kier molecular flexibility index (Phi) is 5.20. The number of hydrogen-bond acceptors (Lipinski definition) is 4. The molecular weight excluding hydrogens is 316 g/mol. The van der Waals surface area contributed by atoms with E-state index in [1.807, 2.05) is 12.1 Å². The van der Waals surface area contributed by atoms with Crippen LogP contribution in [0.3, 0.4) is 0 Å². The first-order valence-corrected chi connectivity index (χ1v) is 7.54. The van der Waals surface area contributed by atoms with Crippen molar-refractivity contribution in [2.45, 2.75) is 25.8 Å². The minimum atomic E-state index is -0.640. The molecule has 1 aliphatic rings. The van der Waals surface area contributed by atoms with Gasteiger partial charge in [-0.1, -0.05) is 11.6 Å². The molecule has 0 bridgehead atoms. The Bertz CT molecular complexity index is 690. The van der Waals surface area contributed by atoms with Gasteiger partial charge in [-0.25, -0.2) is 4.79 Å². The lowest BCUT2D eigenvalue weighted by Crippen LogP contribution is -2.36. The number of nitrogens with zero attached hydrogens (tertiary/aromatic N) is 4. The maximum absolute atomic E-state index is 12.6. The number of benzene rings is 1. The van der Waals surface area contributed by atoms with Gasteiger partial charge >= 0.3 is 6.03 Å². The van der Waals surface area contributed by atoms with Crippen LogP contribution in [0.25, 0.3) is 0 Å². The van der Waals surface area contributed by atoms with Crippen molar-refractivity contribution in [1.29, 1.82) is 10.5 Å². The zero-order valence-corrected chi connectivity index (χ0v) is 13.3. The number of rotatable bonds is 5. The zero-order chi connectivity index (χ0) is 17.0. The zero-order valence-electron chi connectivity index (χ0n) is 12.6. The highest BCUT2D eigenvalue weighted by Gasteiger charge is 2.43. The number of anilines is 1. The number of nitriles is 2. The van der Waals surface area contributed by atoms with E-state index in [0.29, 0.717) is 17.1 Å². The van der Waals surface area contributed by atoms with Crippen LogP contribution in [-0.4, -0.2) is 29.4 Å². The summed E-state index contributed by atoms with van der Waals surface area (Å²) in [5.74, 6) is -0.887. The molecule has 0 saturated carbocycles. The second kappa shape index (κ2) is 7.13. The number of hydrogen-bond donors (Lipinski definition) is 0. The molecule has 0 radical (unpaired) electrons. The number of urea groups is 1. The van der Waals surface area contributed by atoms with Crippen molar-refractivity contribution in [1.82, 2.24) is 4.90 Å². The van der Waals surface area contributed by atoms with Crippen molar-refractivity contribution in [3.05, 3.63) is 29.3 Å². The van der Waals surface area contributed by atoms with Crippen molar-refractivity contribution in [2.24, 2.45) is 5.92 Å². The van der Waals surface area contributed by atoms with Gasteiger partial charge in [-0.3, -0.25) is 14.6 Å². The topological polar surface area (TPSA) is 88.2 Å². The Morgan fingerprint density at radius 2 is 1.91 bits per heavy atom. The van der Waals surface area contributed by atoms with Crippen LogP contribution in [0.5, 0.6) is 0 Å². The van der Waals surface area contributed by atoms with Crippen molar-refractivity contribution in [3.63, 3.8) is 0 Å². The number of halogens is 1. The Morgan fingerprint density at radius 3 is 2.48 bits per heavy atom. The van der Waals surface area contributed by atoms with Crippen LogP contribution in [0.15, 0.2) is 24.3 Å². The first kappa shape index (κ1) is 16.8. The summed E-state index contributed by atoms with van der Waals surface area (Å²) in [6.45, 7) is 1.65. The molecule has 7 heteroatoms. The number of carbonyl (C=O) groups excluding carboxylic acids is 2. The van der Waals surface area contributed by atoms with E-state index in [0.717, 1.165) is 4.90 Å². The van der Waals surface area contributed by atoms with Gasteiger partial charge in [-0.15, -0.1) is 0 Å². The SMILES string of the molecule is C[C@H]1C(=O)N(C[C@@H](C#N)CCC#N)C(=O)N1c1ccc(Cl)cc1. The summed E-state index contributed by atoms with van der Waals surface area (Å²) >= 11 is 5.84. The average molecular weight is 331 g/mol. The highest BCUT2D eigenvalue weighted by Crippen LogP contribution is 2.27. The van der Waals surface area contributed by atoms with Crippen molar-refractivity contribution in [3.8, 4) is 12.1 Å². The third-order valence-electron chi connectivity index (χ3n) is 3.74. The van der Waals surface area contributed by atoms with Crippen LogP contribution in [0.2, 0.25) is 5.02 Å². The molecular formula is C16H15ClN4O2. The molecule has 1 fully saturated rings. The van der Waals surface area contributed by atoms with E-state index < -0.39 is 18.0 Å². The fourth-order valence-electron chi connectivity index (χ4n) is 2.49. The fraction of sp³-hybridized carbons (Fsp3) is 0.375. The van der Waals surface area contributed by atoms with Crippen LogP contribution in [0.4, 0.5) is 10.5 Å². The van der Waals surface area contributed by atoms with Gasteiger partial charge < -0.3 is 0 Å². The van der Waals surface area contributed by atoms with Gasteiger partial charge in [0.1, 0.15) is 6.04 Å². The van der Waals surface area contributed by atoms with Gasteiger partial charge in [0.15, 0.2) is 0 Å². The standard InChI is InChI=1S/C16H15ClN4O2/c1-11-15(22)20(10-12(9-19)3-2-8-18)16(23)21(11)14-6-4-13(17)5-7-14/h4-7,11-12H,2-3,10H2,1H3/t11-,12+/m0/s1. The van der Waals surface area contributed by atoms with E-state index in [1.165, 1.54) is 4.90 Å². The predicted molar refractivity (Wildman–Crippen MR) is 84.5 cm³/mol. The van der Waals surface area contributed by atoms with Crippen LogP contribution in [0, 0.1) is 28.6 Å². The van der Waals surface area contributed by atoms with Crippen LogP contribution in [0.1, 0.15) is 19.8 Å². The lowest BCUT2D eigenvalue weighted by atomic mass is 10.1. The molecule has 1 aromatic rings. The maximum atomic E-state index is 12.6. The molecule has 2 rings (SSSR count). The molecule has 3 amide bonds. The minimum Gasteiger partial charge on any atom is -0.282 e. The van der Waals surface area contributed by atoms with E-state index in [2.05, 4.69) is 0 Å². The monoisotopic (exact) mass is 330 g/mol. The molecule has 2 atom stereocenters. The molecule has 118 valence electrons. The van der Waals surface area contributed by atoms with Gasteiger partial charge in [0.05, 0.1) is 18.1 Å².